The zero-order valence-corrected chi connectivity index (χ0v) is 21.6. The molecule has 0 aromatic heterocycles. The lowest BCUT2D eigenvalue weighted by molar-refractivity contribution is -0.135. The average molecular weight is 494 g/mol. The summed E-state index contributed by atoms with van der Waals surface area (Å²) in [5, 5.41) is 6.25. The molecule has 1 atom stereocenters. The van der Waals surface area contributed by atoms with Crippen LogP contribution in [0.25, 0.3) is 0 Å². The quantitative estimate of drug-likeness (QED) is 0.671. The van der Waals surface area contributed by atoms with Crippen LogP contribution in [-0.2, 0) is 11.3 Å². The number of amides is 2. The molecule has 2 aliphatic rings. The number of para-hydroxylation sites is 1. The van der Waals surface area contributed by atoms with Gasteiger partial charge in [0.1, 0.15) is 18.1 Å². The zero-order valence-electron chi connectivity index (χ0n) is 21.6. The highest BCUT2D eigenvalue weighted by Gasteiger charge is 2.41. The number of nitrogens with zero attached hydrogens (tertiary/aromatic N) is 1. The maximum Gasteiger partial charge on any atom is 0.255 e. The molecule has 0 bridgehead atoms. The first-order valence-electron chi connectivity index (χ1n) is 13.2. The number of carbonyl (C=O) groups excluding carboxylic acids is 2. The molecule has 1 fully saturated rings. The topological polar surface area (TPSA) is 79.9 Å². The van der Waals surface area contributed by atoms with Crippen LogP contribution in [-0.4, -0.2) is 56.1 Å². The molecule has 0 saturated carbocycles. The van der Waals surface area contributed by atoms with Gasteiger partial charge in [-0.25, -0.2) is 0 Å². The lowest BCUT2D eigenvalue weighted by Crippen LogP contribution is -2.51. The Hall–Kier alpha value is -3.06. The van der Waals surface area contributed by atoms with Gasteiger partial charge in [-0.15, -0.1) is 0 Å². The SMILES string of the molecule is COc1ccc(CN2CCC3(CCCCCNC(=O)c4ccccc4OC[C@H](C)NC3=O)CC2)cc1. The van der Waals surface area contributed by atoms with Crippen LogP contribution in [0.15, 0.2) is 48.5 Å². The number of ether oxygens (including phenoxy) is 2. The Labute approximate surface area is 214 Å². The first-order chi connectivity index (χ1) is 17.5. The first kappa shape index (κ1) is 26.0. The number of fused-ring (bicyclic) bond motifs is 1. The van der Waals surface area contributed by atoms with Crippen molar-refractivity contribution in [1.82, 2.24) is 15.5 Å². The predicted octanol–water partition coefficient (Wildman–Crippen LogP) is 4.16. The molecular formula is C29H39N3O4. The summed E-state index contributed by atoms with van der Waals surface area (Å²) >= 11 is 0. The molecule has 2 heterocycles. The van der Waals surface area contributed by atoms with Crippen molar-refractivity contribution in [2.24, 2.45) is 5.41 Å². The van der Waals surface area contributed by atoms with Gasteiger partial charge in [-0.1, -0.05) is 37.1 Å². The summed E-state index contributed by atoms with van der Waals surface area (Å²) in [5.74, 6) is 1.44. The standard InChI is InChI=1S/C29H39N3O4/c1-22-21-36-26-9-5-4-8-25(26)27(33)30-17-7-3-6-14-29(28(34)31-22)15-18-32(19-16-29)20-23-10-12-24(35-2)13-11-23/h4-5,8-13,22H,3,6-7,14-21H2,1-2H3,(H,30,33)(H,31,34)/t22-/m0/s1. The second-order valence-corrected chi connectivity index (χ2v) is 10.2. The zero-order chi connectivity index (χ0) is 25.4. The number of methoxy groups -OCH3 is 1. The monoisotopic (exact) mass is 493 g/mol. The predicted molar refractivity (Wildman–Crippen MR) is 140 cm³/mol. The highest BCUT2D eigenvalue weighted by atomic mass is 16.5. The van der Waals surface area contributed by atoms with Crippen LogP contribution in [0.5, 0.6) is 11.5 Å². The largest absolute Gasteiger partial charge is 0.497 e. The summed E-state index contributed by atoms with van der Waals surface area (Å²) < 4.78 is 11.2. The van der Waals surface area contributed by atoms with Crippen LogP contribution in [0.4, 0.5) is 0 Å². The van der Waals surface area contributed by atoms with Crippen LogP contribution in [0, 0.1) is 5.41 Å². The summed E-state index contributed by atoms with van der Waals surface area (Å²) in [4.78, 5) is 28.7. The fourth-order valence-corrected chi connectivity index (χ4v) is 5.19. The van der Waals surface area contributed by atoms with Gasteiger partial charge in [0.2, 0.25) is 5.91 Å². The Kier molecular flexibility index (Phi) is 8.86. The van der Waals surface area contributed by atoms with Gasteiger partial charge in [-0.2, -0.15) is 0 Å². The lowest BCUT2D eigenvalue weighted by Gasteiger charge is -2.41. The minimum Gasteiger partial charge on any atom is -0.497 e. The molecule has 0 aliphatic carbocycles. The molecule has 1 spiro atoms. The first-order valence-corrected chi connectivity index (χ1v) is 13.2. The number of likely N-dealkylation sites (tertiary alicyclic amines) is 1. The van der Waals surface area contributed by atoms with Crippen molar-refractivity contribution < 1.29 is 19.1 Å². The summed E-state index contributed by atoms with van der Waals surface area (Å²) in [6, 6.07) is 15.3. The second-order valence-electron chi connectivity index (χ2n) is 10.2. The van der Waals surface area contributed by atoms with Crippen molar-refractivity contribution in [3.8, 4) is 11.5 Å². The van der Waals surface area contributed by atoms with E-state index >= 15 is 0 Å². The van der Waals surface area contributed by atoms with Gasteiger partial charge in [0.05, 0.1) is 24.1 Å². The van der Waals surface area contributed by atoms with Crippen LogP contribution < -0.4 is 20.1 Å². The lowest BCUT2D eigenvalue weighted by atomic mass is 9.73. The average Bonchev–Trinajstić information content (AvgIpc) is 2.90. The van der Waals surface area contributed by atoms with Crippen molar-refractivity contribution in [3.63, 3.8) is 0 Å². The van der Waals surface area contributed by atoms with E-state index in [2.05, 4.69) is 27.7 Å². The Morgan fingerprint density at radius 1 is 1.00 bits per heavy atom. The van der Waals surface area contributed by atoms with Crippen LogP contribution in [0.3, 0.4) is 0 Å². The molecule has 2 aromatic rings. The number of benzene rings is 2. The van der Waals surface area contributed by atoms with E-state index in [1.807, 2.05) is 37.3 Å². The molecule has 2 aliphatic heterocycles. The number of piperidine rings is 1. The molecule has 0 radical (unpaired) electrons. The molecule has 0 unspecified atom stereocenters. The van der Waals surface area contributed by atoms with Crippen molar-refractivity contribution in [1.29, 1.82) is 0 Å². The second kappa shape index (κ2) is 12.3. The van der Waals surface area contributed by atoms with Gasteiger partial charge >= 0.3 is 0 Å². The van der Waals surface area contributed by atoms with E-state index in [0.717, 1.165) is 63.9 Å². The number of hydrogen-bond donors (Lipinski definition) is 2. The van der Waals surface area contributed by atoms with Gasteiger partial charge in [-0.05, 0) is 75.5 Å². The van der Waals surface area contributed by atoms with E-state index in [-0.39, 0.29) is 23.3 Å². The van der Waals surface area contributed by atoms with Crippen molar-refractivity contribution >= 4 is 11.8 Å². The molecule has 7 nitrogen and oxygen atoms in total. The van der Waals surface area contributed by atoms with Crippen LogP contribution in [0.1, 0.15) is 61.4 Å². The van der Waals surface area contributed by atoms with Crippen LogP contribution >= 0.6 is 0 Å². The van der Waals surface area contributed by atoms with Gasteiger partial charge in [0.25, 0.3) is 5.91 Å². The van der Waals surface area contributed by atoms with Gasteiger partial charge in [0.15, 0.2) is 0 Å². The highest BCUT2D eigenvalue weighted by molar-refractivity contribution is 5.96. The Balaban J connectivity index is 1.41. The Morgan fingerprint density at radius 2 is 1.75 bits per heavy atom. The molecule has 36 heavy (non-hydrogen) atoms. The molecule has 2 N–H and O–H groups in total. The minimum atomic E-state index is -0.355. The summed E-state index contributed by atoms with van der Waals surface area (Å²) in [6.07, 6.45) is 5.43. The molecule has 1 saturated heterocycles. The fourth-order valence-electron chi connectivity index (χ4n) is 5.19. The van der Waals surface area contributed by atoms with Gasteiger partial charge in [-0.3, -0.25) is 14.5 Å². The summed E-state index contributed by atoms with van der Waals surface area (Å²) in [6.45, 7) is 5.58. The number of carbonyl (C=O) groups is 2. The normalized spacial score (nSPS) is 21.8. The molecule has 2 amide bonds. The highest BCUT2D eigenvalue weighted by Crippen LogP contribution is 2.38. The molecular weight excluding hydrogens is 454 g/mol. The van der Waals surface area contributed by atoms with E-state index in [1.165, 1.54) is 5.56 Å². The fraction of sp³-hybridized carbons (Fsp3) is 0.517. The van der Waals surface area contributed by atoms with E-state index in [4.69, 9.17) is 9.47 Å². The third-order valence-corrected chi connectivity index (χ3v) is 7.48. The van der Waals surface area contributed by atoms with Gasteiger partial charge in [0, 0.05) is 13.1 Å². The number of rotatable bonds is 3. The molecule has 194 valence electrons. The van der Waals surface area contributed by atoms with E-state index in [1.54, 1.807) is 13.2 Å². The maximum atomic E-state index is 13.6. The number of hydrogen-bond acceptors (Lipinski definition) is 5. The maximum absolute atomic E-state index is 13.6. The van der Waals surface area contributed by atoms with Crippen molar-refractivity contribution in [3.05, 3.63) is 59.7 Å². The molecule has 2 aromatic carbocycles. The van der Waals surface area contributed by atoms with Gasteiger partial charge < -0.3 is 20.1 Å². The van der Waals surface area contributed by atoms with E-state index in [9.17, 15) is 9.59 Å². The summed E-state index contributed by atoms with van der Waals surface area (Å²) in [7, 11) is 1.68. The van der Waals surface area contributed by atoms with Crippen molar-refractivity contribution in [2.45, 2.75) is 58.0 Å². The van der Waals surface area contributed by atoms with E-state index < -0.39 is 0 Å². The smallest absolute Gasteiger partial charge is 0.255 e. The summed E-state index contributed by atoms with van der Waals surface area (Å²) in [5.41, 5.74) is 1.43. The Bertz CT molecular complexity index is 1020. The van der Waals surface area contributed by atoms with Crippen LogP contribution in [0.2, 0.25) is 0 Å². The third kappa shape index (κ3) is 6.58. The Morgan fingerprint density at radius 3 is 2.50 bits per heavy atom. The number of nitrogens with one attached hydrogen (secondary N) is 2. The molecule has 7 heteroatoms. The van der Waals surface area contributed by atoms with Crippen molar-refractivity contribution in [2.75, 3.05) is 33.4 Å². The molecule has 4 rings (SSSR count). The van der Waals surface area contributed by atoms with E-state index in [0.29, 0.717) is 24.5 Å². The minimum absolute atomic E-state index is 0.113. The third-order valence-electron chi connectivity index (χ3n) is 7.48.